The molecule has 2 aromatic rings. The zero-order valence-corrected chi connectivity index (χ0v) is 12.0. The monoisotopic (exact) mass is 336 g/mol. The topological polar surface area (TPSA) is 83.5 Å². The SMILES string of the molecule is O=C(N/N=C\c1cccnc1)C(=O)Nc1ccc(C(F)(F)F)cc1. The first-order valence-electron chi connectivity index (χ1n) is 6.58. The minimum absolute atomic E-state index is 0.0550. The van der Waals surface area contributed by atoms with E-state index in [0.717, 1.165) is 24.3 Å². The molecule has 2 rings (SSSR count). The first-order chi connectivity index (χ1) is 11.4. The maximum atomic E-state index is 12.4. The Kier molecular flexibility index (Phi) is 5.25. The molecule has 0 aliphatic heterocycles. The molecular formula is C15H11F3N4O2. The maximum Gasteiger partial charge on any atom is 0.416 e. The molecule has 9 heteroatoms. The lowest BCUT2D eigenvalue weighted by molar-refractivity contribution is -0.137. The van der Waals surface area contributed by atoms with Gasteiger partial charge in [-0.15, -0.1) is 0 Å². The molecule has 124 valence electrons. The van der Waals surface area contributed by atoms with Crippen LogP contribution in [0.2, 0.25) is 0 Å². The number of rotatable bonds is 3. The number of amides is 2. The summed E-state index contributed by atoms with van der Waals surface area (Å²) in [6, 6.07) is 7.05. The molecule has 0 aliphatic carbocycles. The van der Waals surface area contributed by atoms with Crippen molar-refractivity contribution in [3.63, 3.8) is 0 Å². The molecule has 1 aromatic heterocycles. The summed E-state index contributed by atoms with van der Waals surface area (Å²) in [5.74, 6) is -2.12. The number of hydrazone groups is 1. The lowest BCUT2D eigenvalue weighted by Crippen LogP contribution is -2.32. The van der Waals surface area contributed by atoms with Gasteiger partial charge in [-0.05, 0) is 30.3 Å². The Morgan fingerprint density at radius 1 is 1.08 bits per heavy atom. The molecule has 0 atom stereocenters. The summed E-state index contributed by atoms with van der Waals surface area (Å²) in [7, 11) is 0. The number of aromatic nitrogens is 1. The fraction of sp³-hybridized carbons (Fsp3) is 0.0667. The molecule has 24 heavy (non-hydrogen) atoms. The number of hydrogen-bond donors (Lipinski definition) is 2. The normalized spacial score (nSPS) is 11.3. The molecule has 0 bridgehead atoms. The molecule has 0 radical (unpaired) electrons. The highest BCUT2D eigenvalue weighted by molar-refractivity contribution is 6.39. The van der Waals surface area contributed by atoms with Crippen LogP contribution >= 0.6 is 0 Å². The lowest BCUT2D eigenvalue weighted by Gasteiger charge is -2.08. The van der Waals surface area contributed by atoms with Crippen molar-refractivity contribution in [2.75, 3.05) is 5.32 Å². The van der Waals surface area contributed by atoms with Gasteiger partial charge in [-0.25, -0.2) is 5.43 Å². The van der Waals surface area contributed by atoms with Crippen molar-refractivity contribution in [2.45, 2.75) is 6.18 Å². The van der Waals surface area contributed by atoms with E-state index in [-0.39, 0.29) is 5.69 Å². The molecule has 2 N–H and O–H groups in total. The van der Waals surface area contributed by atoms with Gasteiger partial charge in [0.1, 0.15) is 0 Å². The van der Waals surface area contributed by atoms with Crippen molar-refractivity contribution in [1.29, 1.82) is 0 Å². The number of carbonyl (C=O) groups is 2. The lowest BCUT2D eigenvalue weighted by atomic mass is 10.2. The van der Waals surface area contributed by atoms with Crippen LogP contribution < -0.4 is 10.7 Å². The number of pyridine rings is 1. The molecule has 6 nitrogen and oxygen atoms in total. The van der Waals surface area contributed by atoms with Crippen molar-refractivity contribution in [3.05, 3.63) is 59.9 Å². The smallest absolute Gasteiger partial charge is 0.318 e. The summed E-state index contributed by atoms with van der Waals surface area (Å²) in [5, 5.41) is 5.74. The molecule has 0 aliphatic rings. The van der Waals surface area contributed by atoms with Crippen LogP contribution in [0.4, 0.5) is 18.9 Å². The minimum atomic E-state index is -4.47. The molecule has 0 fully saturated rings. The number of benzene rings is 1. The highest BCUT2D eigenvalue weighted by Gasteiger charge is 2.30. The van der Waals surface area contributed by atoms with Crippen LogP contribution in [-0.4, -0.2) is 23.0 Å². The second kappa shape index (κ2) is 7.36. The van der Waals surface area contributed by atoms with Crippen LogP contribution in [0.1, 0.15) is 11.1 Å². The van der Waals surface area contributed by atoms with Gasteiger partial charge in [-0.1, -0.05) is 6.07 Å². The predicted octanol–water partition coefficient (Wildman–Crippen LogP) is 2.19. The highest BCUT2D eigenvalue weighted by Crippen LogP contribution is 2.29. The molecule has 2 amide bonds. The van der Waals surface area contributed by atoms with Gasteiger partial charge in [-0.2, -0.15) is 18.3 Å². The molecule has 0 saturated heterocycles. The standard InChI is InChI=1S/C15H11F3N4O2/c16-15(17,18)11-3-5-12(6-4-11)21-13(23)14(24)22-20-9-10-2-1-7-19-8-10/h1-9H,(H,21,23)(H,22,24)/b20-9-. The molecule has 0 spiro atoms. The van der Waals surface area contributed by atoms with Crippen LogP contribution in [0.5, 0.6) is 0 Å². The third-order valence-corrected chi connectivity index (χ3v) is 2.74. The first-order valence-corrected chi connectivity index (χ1v) is 6.58. The summed E-state index contributed by atoms with van der Waals surface area (Å²) in [6.45, 7) is 0. The van der Waals surface area contributed by atoms with Crippen LogP contribution in [0.15, 0.2) is 53.9 Å². The first kappa shape index (κ1) is 17.1. The van der Waals surface area contributed by atoms with Gasteiger partial charge < -0.3 is 5.32 Å². The molecule has 1 aromatic carbocycles. The molecule has 0 unspecified atom stereocenters. The second-order valence-electron chi connectivity index (χ2n) is 4.51. The largest absolute Gasteiger partial charge is 0.416 e. The number of carbonyl (C=O) groups excluding carboxylic acids is 2. The highest BCUT2D eigenvalue weighted by atomic mass is 19.4. The van der Waals surface area contributed by atoms with E-state index in [9.17, 15) is 22.8 Å². The zero-order chi connectivity index (χ0) is 17.6. The summed E-state index contributed by atoms with van der Waals surface area (Å²) in [4.78, 5) is 27.0. The Hall–Kier alpha value is -3.23. The van der Waals surface area contributed by atoms with E-state index in [4.69, 9.17) is 0 Å². The average Bonchev–Trinajstić information content (AvgIpc) is 2.55. The zero-order valence-electron chi connectivity index (χ0n) is 12.0. The van der Waals surface area contributed by atoms with E-state index in [1.807, 2.05) is 5.43 Å². The summed E-state index contributed by atoms with van der Waals surface area (Å²) < 4.78 is 37.3. The third-order valence-electron chi connectivity index (χ3n) is 2.74. The van der Waals surface area contributed by atoms with Gasteiger partial charge in [-0.3, -0.25) is 14.6 Å². The van der Waals surface area contributed by atoms with Gasteiger partial charge in [0.15, 0.2) is 0 Å². The van der Waals surface area contributed by atoms with E-state index >= 15 is 0 Å². The summed E-state index contributed by atoms with van der Waals surface area (Å²) in [6.07, 6.45) is -0.122. The van der Waals surface area contributed by atoms with Gasteiger partial charge in [0.25, 0.3) is 0 Å². The van der Waals surface area contributed by atoms with Crippen LogP contribution in [0.3, 0.4) is 0 Å². The van der Waals surface area contributed by atoms with E-state index in [0.29, 0.717) is 5.56 Å². The van der Waals surface area contributed by atoms with Crippen LogP contribution in [0.25, 0.3) is 0 Å². The molecule has 1 heterocycles. The number of alkyl halides is 3. The molecule has 0 saturated carbocycles. The predicted molar refractivity (Wildman–Crippen MR) is 80.0 cm³/mol. The van der Waals surface area contributed by atoms with Gasteiger partial charge >= 0.3 is 18.0 Å². The van der Waals surface area contributed by atoms with Crippen molar-refractivity contribution in [3.8, 4) is 0 Å². The Morgan fingerprint density at radius 2 is 1.79 bits per heavy atom. The van der Waals surface area contributed by atoms with Gasteiger partial charge in [0.05, 0.1) is 11.8 Å². The third kappa shape index (κ3) is 4.90. The Balaban J connectivity index is 1.90. The summed E-state index contributed by atoms with van der Waals surface area (Å²) >= 11 is 0. The minimum Gasteiger partial charge on any atom is -0.318 e. The fourth-order valence-corrected chi connectivity index (χ4v) is 1.60. The number of nitrogens with zero attached hydrogens (tertiary/aromatic N) is 2. The van der Waals surface area contributed by atoms with Crippen molar-refractivity contribution < 1.29 is 22.8 Å². The molecular weight excluding hydrogens is 325 g/mol. The van der Waals surface area contributed by atoms with E-state index in [1.54, 1.807) is 18.3 Å². The number of nitrogens with one attached hydrogen (secondary N) is 2. The van der Waals surface area contributed by atoms with Crippen molar-refractivity contribution in [2.24, 2.45) is 5.10 Å². The summed E-state index contributed by atoms with van der Waals surface area (Å²) in [5.41, 5.74) is 1.81. The van der Waals surface area contributed by atoms with Crippen molar-refractivity contribution in [1.82, 2.24) is 10.4 Å². The second-order valence-corrected chi connectivity index (χ2v) is 4.51. The quantitative estimate of drug-likeness (QED) is 0.512. The van der Waals surface area contributed by atoms with E-state index < -0.39 is 23.6 Å². The average molecular weight is 336 g/mol. The number of halogens is 3. The maximum absolute atomic E-state index is 12.4. The van der Waals surface area contributed by atoms with E-state index in [1.165, 1.54) is 12.4 Å². The van der Waals surface area contributed by atoms with Crippen LogP contribution in [0, 0.1) is 0 Å². The van der Waals surface area contributed by atoms with Gasteiger partial charge in [0, 0.05) is 23.6 Å². The van der Waals surface area contributed by atoms with Crippen LogP contribution in [-0.2, 0) is 15.8 Å². The Bertz CT molecular complexity index is 744. The Morgan fingerprint density at radius 3 is 2.38 bits per heavy atom. The van der Waals surface area contributed by atoms with E-state index in [2.05, 4.69) is 15.4 Å². The van der Waals surface area contributed by atoms with Gasteiger partial charge in [0.2, 0.25) is 0 Å². The van der Waals surface area contributed by atoms with Crippen molar-refractivity contribution >= 4 is 23.7 Å². The number of hydrogen-bond acceptors (Lipinski definition) is 4. The fourth-order valence-electron chi connectivity index (χ4n) is 1.60. The Labute approximate surface area is 134 Å². The number of anilines is 1.